The highest BCUT2D eigenvalue weighted by molar-refractivity contribution is 7.99. The van der Waals surface area contributed by atoms with Gasteiger partial charge in [-0.05, 0) is 46.7 Å². The summed E-state index contributed by atoms with van der Waals surface area (Å²) in [6, 6.07) is 16.0. The molecule has 0 saturated heterocycles. The van der Waals surface area contributed by atoms with Crippen LogP contribution < -0.4 is 5.32 Å². The van der Waals surface area contributed by atoms with Gasteiger partial charge in [-0.1, -0.05) is 70.6 Å². The predicted molar refractivity (Wildman–Crippen MR) is 118 cm³/mol. The van der Waals surface area contributed by atoms with E-state index in [1.165, 1.54) is 22.9 Å². The zero-order valence-electron chi connectivity index (χ0n) is 17.5. The summed E-state index contributed by atoms with van der Waals surface area (Å²) in [6.07, 6.45) is 0. The van der Waals surface area contributed by atoms with Crippen LogP contribution in [0.3, 0.4) is 0 Å². The van der Waals surface area contributed by atoms with Crippen molar-refractivity contribution in [1.29, 1.82) is 0 Å². The van der Waals surface area contributed by atoms with Gasteiger partial charge >= 0.3 is 0 Å². The molecule has 0 radical (unpaired) electrons. The second-order valence-corrected chi connectivity index (χ2v) is 9.24. The van der Waals surface area contributed by atoms with Gasteiger partial charge in [0.05, 0.1) is 5.75 Å². The van der Waals surface area contributed by atoms with Crippen molar-refractivity contribution in [3.63, 3.8) is 0 Å². The minimum absolute atomic E-state index is 0.0941. The molecule has 0 aliphatic carbocycles. The number of carbonyl (C=O) groups is 1. The molecular formula is C23H27N3O2S. The predicted octanol–water partition coefficient (Wildman–Crippen LogP) is 5.89. The highest BCUT2D eigenvalue weighted by atomic mass is 32.2. The lowest BCUT2D eigenvalue weighted by molar-refractivity contribution is -0.113. The quantitative estimate of drug-likeness (QED) is 0.514. The van der Waals surface area contributed by atoms with Crippen LogP contribution in [-0.4, -0.2) is 21.9 Å². The van der Waals surface area contributed by atoms with Crippen LogP contribution in [0.25, 0.3) is 11.5 Å². The third-order valence-electron chi connectivity index (χ3n) is 4.59. The number of hydrogen-bond acceptors (Lipinski definition) is 5. The van der Waals surface area contributed by atoms with E-state index in [1.54, 1.807) is 0 Å². The fourth-order valence-electron chi connectivity index (χ4n) is 2.77. The van der Waals surface area contributed by atoms with E-state index in [2.05, 4.69) is 62.3 Å². The highest BCUT2D eigenvalue weighted by Gasteiger charge is 2.15. The van der Waals surface area contributed by atoms with Gasteiger partial charge in [0.1, 0.15) is 0 Å². The van der Waals surface area contributed by atoms with Crippen LogP contribution in [-0.2, 0) is 10.2 Å². The van der Waals surface area contributed by atoms with Gasteiger partial charge in [0.25, 0.3) is 5.22 Å². The van der Waals surface area contributed by atoms with E-state index in [1.807, 2.05) is 36.4 Å². The van der Waals surface area contributed by atoms with Crippen LogP contribution in [0.15, 0.2) is 58.2 Å². The van der Waals surface area contributed by atoms with Gasteiger partial charge in [-0.3, -0.25) is 4.79 Å². The van der Waals surface area contributed by atoms with Crippen LogP contribution in [0, 0.1) is 0 Å². The van der Waals surface area contributed by atoms with Crippen molar-refractivity contribution >= 4 is 23.4 Å². The lowest BCUT2D eigenvalue weighted by Gasteiger charge is -2.18. The second kappa shape index (κ2) is 8.82. The Morgan fingerprint density at radius 2 is 1.69 bits per heavy atom. The normalized spacial score (nSPS) is 11.7. The van der Waals surface area contributed by atoms with Crippen molar-refractivity contribution in [2.75, 3.05) is 11.1 Å². The number of benzene rings is 2. The Labute approximate surface area is 176 Å². The van der Waals surface area contributed by atoms with Crippen molar-refractivity contribution in [2.24, 2.45) is 0 Å². The third kappa shape index (κ3) is 5.70. The summed E-state index contributed by atoms with van der Waals surface area (Å²) >= 11 is 1.23. The molecule has 1 amide bonds. The maximum absolute atomic E-state index is 12.2. The maximum Gasteiger partial charge on any atom is 0.277 e. The fraction of sp³-hybridized carbons (Fsp3) is 0.348. The topological polar surface area (TPSA) is 68.0 Å². The molecule has 1 N–H and O–H groups in total. The van der Waals surface area contributed by atoms with Gasteiger partial charge in [-0.15, -0.1) is 10.2 Å². The van der Waals surface area contributed by atoms with Crippen LogP contribution in [0.1, 0.15) is 51.7 Å². The number of aromatic nitrogens is 2. The van der Waals surface area contributed by atoms with Gasteiger partial charge in [-0.2, -0.15) is 0 Å². The first kappa shape index (κ1) is 21.1. The largest absolute Gasteiger partial charge is 0.411 e. The molecule has 2 aromatic carbocycles. The Hall–Kier alpha value is -2.60. The smallest absolute Gasteiger partial charge is 0.277 e. The fourth-order valence-corrected chi connectivity index (χ4v) is 3.34. The zero-order chi connectivity index (χ0) is 21.0. The molecule has 3 aromatic rings. The molecule has 1 aromatic heterocycles. The number of nitrogens with zero attached hydrogens (tertiary/aromatic N) is 2. The van der Waals surface area contributed by atoms with Gasteiger partial charge in [0, 0.05) is 11.3 Å². The SMILES string of the molecule is CC(C)c1ccc(NC(=O)CSc2nnc(-c3ccc(C(C)(C)C)cc3)o2)cc1. The van der Waals surface area contributed by atoms with Crippen molar-refractivity contribution in [2.45, 2.75) is 51.2 Å². The molecule has 152 valence electrons. The van der Waals surface area contributed by atoms with Gasteiger partial charge in [0.2, 0.25) is 11.8 Å². The van der Waals surface area contributed by atoms with Gasteiger partial charge < -0.3 is 9.73 Å². The summed E-state index contributed by atoms with van der Waals surface area (Å²) in [7, 11) is 0. The van der Waals surface area contributed by atoms with Crippen molar-refractivity contribution in [3.8, 4) is 11.5 Å². The molecular weight excluding hydrogens is 382 g/mol. The Bertz CT molecular complexity index is 955. The zero-order valence-corrected chi connectivity index (χ0v) is 18.3. The van der Waals surface area contributed by atoms with Crippen molar-refractivity contribution < 1.29 is 9.21 Å². The van der Waals surface area contributed by atoms with E-state index in [0.717, 1.165) is 11.3 Å². The summed E-state index contributed by atoms with van der Waals surface area (Å²) in [5.41, 5.74) is 4.23. The van der Waals surface area contributed by atoms with Crippen LogP contribution >= 0.6 is 11.8 Å². The van der Waals surface area contributed by atoms with E-state index < -0.39 is 0 Å². The van der Waals surface area contributed by atoms with Crippen molar-refractivity contribution in [3.05, 3.63) is 59.7 Å². The molecule has 0 aliphatic heterocycles. The van der Waals surface area contributed by atoms with E-state index in [4.69, 9.17) is 4.42 Å². The summed E-state index contributed by atoms with van der Waals surface area (Å²) in [5.74, 6) is 1.02. The molecule has 0 fully saturated rings. The molecule has 0 unspecified atom stereocenters. The Morgan fingerprint density at radius 3 is 2.28 bits per heavy atom. The Morgan fingerprint density at radius 1 is 1.03 bits per heavy atom. The molecule has 0 aliphatic rings. The molecule has 5 nitrogen and oxygen atoms in total. The third-order valence-corrected chi connectivity index (χ3v) is 5.41. The molecule has 1 heterocycles. The van der Waals surface area contributed by atoms with E-state index in [-0.39, 0.29) is 17.1 Å². The number of nitrogens with one attached hydrogen (secondary N) is 1. The molecule has 6 heteroatoms. The number of thioether (sulfide) groups is 1. The molecule has 29 heavy (non-hydrogen) atoms. The first-order valence-electron chi connectivity index (χ1n) is 9.69. The molecule has 0 saturated carbocycles. The Balaban J connectivity index is 1.55. The van der Waals surface area contributed by atoms with E-state index in [0.29, 0.717) is 17.0 Å². The average Bonchev–Trinajstić information content (AvgIpc) is 3.15. The van der Waals surface area contributed by atoms with Crippen molar-refractivity contribution in [1.82, 2.24) is 10.2 Å². The van der Waals surface area contributed by atoms with Gasteiger partial charge in [0.15, 0.2) is 0 Å². The molecule has 0 spiro atoms. The second-order valence-electron chi connectivity index (χ2n) is 8.31. The number of hydrogen-bond donors (Lipinski definition) is 1. The van der Waals surface area contributed by atoms with Gasteiger partial charge in [-0.25, -0.2) is 0 Å². The number of anilines is 1. The maximum atomic E-state index is 12.2. The average molecular weight is 410 g/mol. The summed E-state index contributed by atoms with van der Waals surface area (Å²) in [4.78, 5) is 12.2. The standard InChI is InChI=1S/C23H27N3O2S/c1-15(2)16-8-12-19(13-9-16)24-20(27)14-29-22-26-25-21(28-22)17-6-10-18(11-7-17)23(3,4)5/h6-13,15H,14H2,1-5H3,(H,24,27). The van der Waals surface area contributed by atoms with Crippen LogP contribution in [0.2, 0.25) is 0 Å². The minimum Gasteiger partial charge on any atom is -0.411 e. The number of amides is 1. The summed E-state index contributed by atoms with van der Waals surface area (Å²) in [5, 5.41) is 11.4. The summed E-state index contributed by atoms with van der Waals surface area (Å²) in [6.45, 7) is 10.8. The monoisotopic (exact) mass is 409 g/mol. The Kier molecular flexibility index (Phi) is 6.42. The molecule has 0 bridgehead atoms. The molecule has 3 rings (SSSR count). The first-order chi connectivity index (χ1) is 13.7. The number of rotatable bonds is 6. The van der Waals surface area contributed by atoms with E-state index in [9.17, 15) is 4.79 Å². The highest BCUT2D eigenvalue weighted by Crippen LogP contribution is 2.27. The molecule has 0 atom stereocenters. The van der Waals surface area contributed by atoms with Crippen LogP contribution in [0.4, 0.5) is 5.69 Å². The first-order valence-corrected chi connectivity index (χ1v) is 10.7. The lowest BCUT2D eigenvalue weighted by atomic mass is 9.87. The minimum atomic E-state index is -0.110. The number of carbonyl (C=O) groups excluding carboxylic acids is 1. The van der Waals surface area contributed by atoms with Crippen LogP contribution in [0.5, 0.6) is 0 Å². The summed E-state index contributed by atoms with van der Waals surface area (Å²) < 4.78 is 5.70. The van der Waals surface area contributed by atoms with E-state index >= 15 is 0 Å². The lowest BCUT2D eigenvalue weighted by Crippen LogP contribution is -2.14.